The van der Waals surface area contributed by atoms with Crippen LogP contribution in [0.1, 0.15) is 16.7 Å². The average molecular weight is 341 g/mol. The highest BCUT2D eigenvalue weighted by Crippen LogP contribution is 2.30. The lowest BCUT2D eigenvalue weighted by atomic mass is 9.98. The maximum atomic E-state index is 12.1. The first-order valence-electron chi connectivity index (χ1n) is 8.78. The molecule has 1 N–H and O–H groups in total. The summed E-state index contributed by atoms with van der Waals surface area (Å²) in [5, 5.41) is 3.38. The molecule has 0 spiro atoms. The first kappa shape index (κ1) is 17.7. The Kier molecular flexibility index (Phi) is 5.25. The molecule has 0 amide bonds. The summed E-state index contributed by atoms with van der Waals surface area (Å²) in [6, 6.07) is 6.37. The van der Waals surface area contributed by atoms with Crippen LogP contribution in [0, 0.1) is 13.8 Å². The molecule has 0 bridgehead atoms. The molecule has 5 heteroatoms. The van der Waals surface area contributed by atoms with E-state index in [2.05, 4.69) is 28.4 Å². The van der Waals surface area contributed by atoms with Crippen LogP contribution in [0.4, 0.5) is 0 Å². The zero-order valence-electron chi connectivity index (χ0n) is 15.6. The zero-order chi connectivity index (χ0) is 18.0. The number of hydrogen-bond donors (Lipinski definition) is 1. The number of nitrogens with zero attached hydrogens (tertiary/aromatic N) is 2. The summed E-state index contributed by atoms with van der Waals surface area (Å²) >= 11 is 0. The molecule has 0 aliphatic carbocycles. The average Bonchev–Trinajstić information content (AvgIpc) is 2.64. The van der Waals surface area contributed by atoms with E-state index in [1.165, 1.54) is 5.56 Å². The molecule has 3 rings (SSSR count). The molecular weight excluding hydrogens is 314 g/mol. The Hall–Kier alpha value is -2.11. The highest BCUT2D eigenvalue weighted by Gasteiger charge is 2.15. The van der Waals surface area contributed by atoms with E-state index in [4.69, 9.17) is 4.74 Å². The number of ether oxygens (including phenoxy) is 1. The van der Waals surface area contributed by atoms with E-state index in [9.17, 15) is 4.79 Å². The molecule has 134 valence electrons. The SMILES string of the molecule is COc1cc(-c2cn(C)c(=O)c(C)c2C)ccc1CN1CCNCC1. The van der Waals surface area contributed by atoms with E-state index in [1.54, 1.807) is 18.7 Å². The number of benzene rings is 1. The second-order valence-corrected chi connectivity index (χ2v) is 6.76. The Morgan fingerprint density at radius 2 is 1.88 bits per heavy atom. The third kappa shape index (κ3) is 3.62. The van der Waals surface area contributed by atoms with Crippen LogP contribution in [0.25, 0.3) is 11.1 Å². The van der Waals surface area contributed by atoms with Gasteiger partial charge in [0, 0.05) is 62.7 Å². The predicted octanol–water partition coefficient (Wildman–Crippen LogP) is 2.08. The summed E-state index contributed by atoms with van der Waals surface area (Å²) in [5.74, 6) is 0.905. The lowest BCUT2D eigenvalue weighted by molar-refractivity contribution is 0.230. The fraction of sp³-hybridized carbons (Fsp3) is 0.450. The van der Waals surface area contributed by atoms with Gasteiger partial charge in [-0.15, -0.1) is 0 Å². The summed E-state index contributed by atoms with van der Waals surface area (Å²) < 4.78 is 7.31. The van der Waals surface area contributed by atoms with Gasteiger partial charge in [0.1, 0.15) is 5.75 Å². The molecule has 2 aromatic rings. The largest absolute Gasteiger partial charge is 0.496 e. The molecule has 1 aliphatic rings. The van der Waals surface area contributed by atoms with Crippen LogP contribution in [0.15, 0.2) is 29.2 Å². The fourth-order valence-corrected chi connectivity index (χ4v) is 3.42. The number of hydrogen-bond acceptors (Lipinski definition) is 4. The summed E-state index contributed by atoms with van der Waals surface area (Å²) in [4.78, 5) is 14.5. The monoisotopic (exact) mass is 341 g/mol. The van der Waals surface area contributed by atoms with Crippen LogP contribution < -0.4 is 15.6 Å². The lowest BCUT2D eigenvalue weighted by Crippen LogP contribution is -2.42. The summed E-state index contributed by atoms with van der Waals surface area (Å²) in [6.45, 7) is 8.99. The first-order valence-corrected chi connectivity index (χ1v) is 8.78. The van der Waals surface area contributed by atoms with E-state index >= 15 is 0 Å². The lowest BCUT2D eigenvalue weighted by Gasteiger charge is -2.27. The molecule has 1 aromatic heterocycles. The summed E-state index contributed by atoms with van der Waals surface area (Å²) in [5.41, 5.74) is 5.24. The number of aryl methyl sites for hydroxylation is 1. The maximum Gasteiger partial charge on any atom is 0.253 e. The van der Waals surface area contributed by atoms with E-state index in [0.29, 0.717) is 0 Å². The molecule has 5 nitrogen and oxygen atoms in total. The molecular formula is C20H27N3O2. The number of piperazine rings is 1. The Morgan fingerprint density at radius 1 is 1.16 bits per heavy atom. The number of rotatable bonds is 4. The van der Waals surface area contributed by atoms with Gasteiger partial charge < -0.3 is 14.6 Å². The van der Waals surface area contributed by atoms with Crippen LogP contribution in [0.2, 0.25) is 0 Å². The second-order valence-electron chi connectivity index (χ2n) is 6.76. The molecule has 0 radical (unpaired) electrons. The third-order valence-corrected chi connectivity index (χ3v) is 5.13. The van der Waals surface area contributed by atoms with Gasteiger partial charge in [0.2, 0.25) is 0 Å². The minimum absolute atomic E-state index is 0.0588. The van der Waals surface area contributed by atoms with Crippen molar-refractivity contribution in [3.63, 3.8) is 0 Å². The molecule has 1 saturated heterocycles. The number of pyridine rings is 1. The molecule has 1 aromatic carbocycles. The van der Waals surface area contributed by atoms with E-state index in [1.807, 2.05) is 20.0 Å². The smallest absolute Gasteiger partial charge is 0.253 e. The van der Waals surface area contributed by atoms with Gasteiger partial charge in [0.15, 0.2) is 0 Å². The van der Waals surface area contributed by atoms with Crippen molar-refractivity contribution in [3.05, 3.63) is 51.4 Å². The van der Waals surface area contributed by atoms with Crippen molar-refractivity contribution in [2.45, 2.75) is 20.4 Å². The van der Waals surface area contributed by atoms with Crippen molar-refractivity contribution in [2.75, 3.05) is 33.3 Å². The van der Waals surface area contributed by atoms with Crippen molar-refractivity contribution in [3.8, 4) is 16.9 Å². The third-order valence-electron chi connectivity index (χ3n) is 5.13. The van der Waals surface area contributed by atoms with Gasteiger partial charge in [0.05, 0.1) is 7.11 Å². The standard InChI is InChI=1S/C20H27N3O2/c1-14-15(2)20(24)22(3)13-18(14)16-5-6-17(19(11-16)25-4)12-23-9-7-21-8-10-23/h5-6,11,13,21H,7-10,12H2,1-4H3. The minimum atomic E-state index is 0.0588. The quantitative estimate of drug-likeness (QED) is 0.925. The van der Waals surface area contributed by atoms with Crippen LogP contribution in [-0.2, 0) is 13.6 Å². The number of nitrogens with one attached hydrogen (secondary N) is 1. The first-order chi connectivity index (χ1) is 12.0. The topological polar surface area (TPSA) is 46.5 Å². The van der Waals surface area contributed by atoms with Crippen molar-refractivity contribution < 1.29 is 4.74 Å². The zero-order valence-corrected chi connectivity index (χ0v) is 15.6. The second kappa shape index (κ2) is 7.42. The van der Waals surface area contributed by atoms with Crippen LogP contribution in [-0.4, -0.2) is 42.8 Å². The molecule has 2 heterocycles. The number of aromatic nitrogens is 1. The van der Waals surface area contributed by atoms with Gasteiger partial charge >= 0.3 is 0 Å². The Balaban J connectivity index is 1.95. The molecule has 1 aliphatic heterocycles. The van der Waals surface area contributed by atoms with Gasteiger partial charge in [-0.05, 0) is 31.0 Å². The van der Waals surface area contributed by atoms with Crippen LogP contribution >= 0.6 is 0 Å². The Labute approximate surface area is 149 Å². The highest BCUT2D eigenvalue weighted by molar-refractivity contribution is 5.69. The number of methoxy groups -OCH3 is 1. The minimum Gasteiger partial charge on any atom is -0.496 e. The van der Waals surface area contributed by atoms with Gasteiger partial charge in [-0.25, -0.2) is 0 Å². The molecule has 1 fully saturated rings. The fourth-order valence-electron chi connectivity index (χ4n) is 3.42. The Bertz CT molecular complexity index is 820. The normalized spacial score (nSPS) is 15.4. The summed E-state index contributed by atoms with van der Waals surface area (Å²) in [7, 11) is 3.52. The predicted molar refractivity (Wildman–Crippen MR) is 101 cm³/mol. The van der Waals surface area contributed by atoms with Gasteiger partial charge in [-0.1, -0.05) is 12.1 Å². The Morgan fingerprint density at radius 3 is 2.56 bits per heavy atom. The van der Waals surface area contributed by atoms with Crippen LogP contribution in [0.5, 0.6) is 5.75 Å². The molecule has 25 heavy (non-hydrogen) atoms. The van der Waals surface area contributed by atoms with Gasteiger partial charge in [0.25, 0.3) is 5.56 Å². The highest BCUT2D eigenvalue weighted by atomic mass is 16.5. The van der Waals surface area contributed by atoms with E-state index < -0.39 is 0 Å². The molecule has 0 saturated carbocycles. The van der Waals surface area contributed by atoms with Crippen molar-refractivity contribution in [1.82, 2.24) is 14.8 Å². The maximum absolute atomic E-state index is 12.1. The van der Waals surface area contributed by atoms with E-state index in [-0.39, 0.29) is 5.56 Å². The van der Waals surface area contributed by atoms with Gasteiger partial charge in [-0.3, -0.25) is 9.69 Å². The van der Waals surface area contributed by atoms with Gasteiger partial charge in [-0.2, -0.15) is 0 Å². The molecule has 0 atom stereocenters. The van der Waals surface area contributed by atoms with Crippen molar-refractivity contribution in [2.24, 2.45) is 7.05 Å². The molecule has 0 unspecified atom stereocenters. The van der Waals surface area contributed by atoms with Crippen molar-refractivity contribution >= 4 is 0 Å². The van der Waals surface area contributed by atoms with E-state index in [0.717, 1.165) is 60.7 Å². The van der Waals surface area contributed by atoms with Crippen LogP contribution in [0.3, 0.4) is 0 Å². The summed E-state index contributed by atoms with van der Waals surface area (Å²) in [6.07, 6.45) is 1.91. The van der Waals surface area contributed by atoms with Crippen molar-refractivity contribution in [1.29, 1.82) is 0 Å².